The van der Waals surface area contributed by atoms with E-state index >= 15 is 0 Å². The number of carboxylic acids is 1. The molecule has 17 heavy (non-hydrogen) atoms. The van der Waals surface area contributed by atoms with E-state index in [0.29, 0.717) is 23.5 Å². The van der Waals surface area contributed by atoms with E-state index in [9.17, 15) is 4.79 Å². The van der Waals surface area contributed by atoms with Gasteiger partial charge in [-0.15, -0.1) is 0 Å². The zero-order valence-corrected chi connectivity index (χ0v) is 9.25. The predicted molar refractivity (Wildman–Crippen MR) is 59.5 cm³/mol. The molecule has 6 nitrogen and oxygen atoms in total. The van der Waals surface area contributed by atoms with Gasteiger partial charge in [0.05, 0.1) is 19.2 Å². The monoisotopic (exact) mass is 236 g/mol. The van der Waals surface area contributed by atoms with Gasteiger partial charge in [0.2, 0.25) is 0 Å². The molecule has 0 aromatic carbocycles. The normalized spacial score (nSPS) is 10.7. The Morgan fingerprint density at radius 1 is 1.59 bits per heavy atom. The van der Waals surface area contributed by atoms with Crippen molar-refractivity contribution in [2.24, 2.45) is 0 Å². The van der Waals surface area contributed by atoms with Crippen molar-refractivity contribution < 1.29 is 19.7 Å². The highest BCUT2D eigenvalue weighted by molar-refractivity contribution is 5.94. The van der Waals surface area contributed by atoms with Crippen LogP contribution in [0.2, 0.25) is 0 Å². The van der Waals surface area contributed by atoms with Crippen molar-refractivity contribution in [3.8, 4) is 5.75 Å². The molecule has 2 heterocycles. The first-order valence-electron chi connectivity index (χ1n) is 5.06. The molecule has 0 fully saturated rings. The second-order valence-corrected chi connectivity index (χ2v) is 3.48. The molecule has 0 unspecified atom stereocenters. The third kappa shape index (κ3) is 1.94. The number of hydrogen-bond acceptors (Lipinski definition) is 4. The topological polar surface area (TPSA) is 84.1 Å². The van der Waals surface area contributed by atoms with Crippen LogP contribution in [0.15, 0.2) is 18.3 Å². The lowest BCUT2D eigenvalue weighted by atomic mass is 10.3. The van der Waals surface area contributed by atoms with Gasteiger partial charge in [0.15, 0.2) is 5.69 Å². The smallest absolute Gasteiger partial charge is 0.356 e. The largest absolute Gasteiger partial charge is 0.497 e. The number of aromatic carboxylic acids is 1. The van der Waals surface area contributed by atoms with Crippen LogP contribution in [0.5, 0.6) is 5.75 Å². The van der Waals surface area contributed by atoms with Gasteiger partial charge in [0.25, 0.3) is 0 Å². The fraction of sp³-hybridized carbons (Fsp3) is 0.273. The molecule has 0 aliphatic rings. The van der Waals surface area contributed by atoms with E-state index in [1.54, 1.807) is 22.7 Å². The molecule has 0 saturated carbocycles. The molecule has 2 rings (SSSR count). The number of pyridine rings is 1. The fourth-order valence-corrected chi connectivity index (χ4v) is 1.69. The van der Waals surface area contributed by atoms with Crippen LogP contribution in [-0.2, 0) is 6.42 Å². The lowest BCUT2D eigenvalue weighted by Gasteiger charge is -2.02. The van der Waals surface area contributed by atoms with Crippen LogP contribution in [0.1, 0.15) is 16.3 Å². The Morgan fingerprint density at radius 2 is 2.35 bits per heavy atom. The first-order valence-corrected chi connectivity index (χ1v) is 5.06. The molecular formula is C11H12N2O4. The number of methoxy groups -OCH3 is 1. The summed E-state index contributed by atoms with van der Waals surface area (Å²) in [7, 11) is 1.51. The molecule has 90 valence electrons. The van der Waals surface area contributed by atoms with Gasteiger partial charge in [0.1, 0.15) is 11.6 Å². The molecule has 0 aliphatic heterocycles. The number of imidazole rings is 1. The van der Waals surface area contributed by atoms with Gasteiger partial charge >= 0.3 is 5.97 Å². The van der Waals surface area contributed by atoms with Crippen molar-refractivity contribution in [1.82, 2.24) is 9.38 Å². The van der Waals surface area contributed by atoms with Gasteiger partial charge in [0, 0.05) is 18.7 Å². The SMILES string of the molecule is COc1ccn2c(CCO)nc(C(=O)O)c2c1. The molecule has 0 aliphatic carbocycles. The Balaban J connectivity index is 2.67. The van der Waals surface area contributed by atoms with Crippen molar-refractivity contribution >= 4 is 11.5 Å². The van der Waals surface area contributed by atoms with Gasteiger partial charge in [-0.25, -0.2) is 9.78 Å². The average Bonchev–Trinajstić information content (AvgIpc) is 2.68. The maximum Gasteiger partial charge on any atom is 0.356 e. The van der Waals surface area contributed by atoms with Crippen LogP contribution in [0.3, 0.4) is 0 Å². The standard InChI is InChI=1S/C11H12N2O4/c1-17-7-2-4-13-8(6-7)10(11(15)16)12-9(13)3-5-14/h2,4,6,14H,3,5H2,1H3,(H,15,16). The number of rotatable bonds is 4. The maximum absolute atomic E-state index is 11.1. The summed E-state index contributed by atoms with van der Waals surface area (Å²) in [4.78, 5) is 15.1. The second-order valence-electron chi connectivity index (χ2n) is 3.48. The zero-order valence-electron chi connectivity index (χ0n) is 9.25. The van der Waals surface area contributed by atoms with E-state index < -0.39 is 5.97 Å². The lowest BCUT2D eigenvalue weighted by Crippen LogP contribution is -1.98. The minimum absolute atomic E-state index is 0.0349. The Kier molecular flexibility index (Phi) is 2.97. The van der Waals surface area contributed by atoms with Crippen molar-refractivity contribution in [3.63, 3.8) is 0 Å². The summed E-state index contributed by atoms with van der Waals surface area (Å²) < 4.78 is 6.68. The zero-order chi connectivity index (χ0) is 12.4. The summed E-state index contributed by atoms with van der Waals surface area (Å²) >= 11 is 0. The Labute approximate surface area is 97.1 Å². The summed E-state index contributed by atoms with van der Waals surface area (Å²) in [6.07, 6.45) is 1.99. The van der Waals surface area contributed by atoms with E-state index in [2.05, 4.69) is 4.98 Å². The highest BCUT2D eigenvalue weighted by Crippen LogP contribution is 2.19. The molecule has 6 heteroatoms. The molecule has 0 saturated heterocycles. The number of nitrogens with zero attached hydrogens (tertiary/aromatic N) is 2. The first-order chi connectivity index (χ1) is 8.17. The maximum atomic E-state index is 11.1. The lowest BCUT2D eigenvalue weighted by molar-refractivity contribution is 0.0693. The summed E-state index contributed by atoms with van der Waals surface area (Å²) in [6.45, 7) is -0.0792. The number of carbonyl (C=O) groups is 1. The Hall–Kier alpha value is -2.08. The van der Waals surface area contributed by atoms with Crippen LogP contribution >= 0.6 is 0 Å². The third-order valence-electron chi connectivity index (χ3n) is 2.46. The number of aromatic nitrogens is 2. The minimum Gasteiger partial charge on any atom is -0.497 e. The van der Waals surface area contributed by atoms with E-state index in [1.807, 2.05) is 0 Å². The molecule has 0 bridgehead atoms. The summed E-state index contributed by atoms with van der Waals surface area (Å²) in [6, 6.07) is 3.32. The molecule has 2 aromatic heterocycles. The van der Waals surface area contributed by atoms with Crippen molar-refractivity contribution in [2.75, 3.05) is 13.7 Å². The van der Waals surface area contributed by atoms with E-state index in [4.69, 9.17) is 14.9 Å². The number of carboxylic acid groups (broad SMARTS) is 1. The predicted octanol–water partition coefficient (Wildman–Crippen LogP) is 0.576. The van der Waals surface area contributed by atoms with Crippen molar-refractivity contribution in [2.45, 2.75) is 6.42 Å². The minimum atomic E-state index is -1.10. The third-order valence-corrected chi connectivity index (χ3v) is 2.46. The fourth-order valence-electron chi connectivity index (χ4n) is 1.69. The number of fused-ring (bicyclic) bond motifs is 1. The highest BCUT2D eigenvalue weighted by atomic mass is 16.5. The van der Waals surface area contributed by atoms with E-state index in [0.717, 1.165) is 0 Å². The Bertz CT molecular complexity index is 562. The molecular weight excluding hydrogens is 224 g/mol. The van der Waals surface area contributed by atoms with Crippen molar-refractivity contribution in [3.05, 3.63) is 29.8 Å². The number of hydrogen-bond donors (Lipinski definition) is 2. The number of ether oxygens (including phenoxy) is 1. The molecule has 2 aromatic rings. The molecule has 0 atom stereocenters. The Morgan fingerprint density at radius 3 is 2.94 bits per heavy atom. The molecule has 0 amide bonds. The first kappa shape index (κ1) is 11.4. The van der Waals surface area contributed by atoms with Crippen LogP contribution < -0.4 is 4.74 Å². The number of aliphatic hydroxyl groups excluding tert-OH is 1. The van der Waals surface area contributed by atoms with Gasteiger partial charge in [-0.3, -0.25) is 0 Å². The molecule has 0 spiro atoms. The number of aliphatic hydroxyl groups is 1. The van der Waals surface area contributed by atoms with Crippen LogP contribution in [0.25, 0.3) is 5.52 Å². The van der Waals surface area contributed by atoms with E-state index in [-0.39, 0.29) is 12.3 Å². The average molecular weight is 236 g/mol. The quantitative estimate of drug-likeness (QED) is 0.811. The summed E-state index contributed by atoms with van der Waals surface area (Å²) in [5, 5.41) is 18.0. The van der Waals surface area contributed by atoms with Gasteiger partial charge < -0.3 is 19.4 Å². The van der Waals surface area contributed by atoms with Crippen LogP contribution in [0.4, 0.5) is 0 Å². The second kappa shape index (κ2) is 4.42. The molecule has 2 N–H and O–H groups in total. The van der Waals surface area contributed by atoms with Crippen LogP contribution in [0, 0.1) is 0 Å². The van der Waals surface area contributed by atoms with Crippen LogP contribution in [-0.4, -0.2) is 39.3 Å². The van der Waals surface area contributed by atoms with Gasteiger partial charge in [-0.2, -0.15) is 0 Å². The van der Waals surface area contributed by atoms with Gasteiger partial charge in [-0.1, -0.05) is 0 Å². The van der Waals surface area contributed by atoms with Crippen molar-refractivity contribution in [1.29, 1.82) is 0 Å². The van der Waals surface area contributed by atoms with E-state index in [1.165, 1.54) is 7.11 Å². The van der Waals surface area contributed by atoms with Gasteiger partial charge in [-0.05, 0) is 6.07 Å². The highest BCUT2D eigenvalue weighted by Gasteiger charge is 2.16. The summed E-state index contributed by atoms with van der Waals surface area (Å²) in [5.74, 6) is -0.0158. The summed E-state index contributed by atoms with van der Waals surface area (Å²) in [5.41, 5.74) is 0.424. The molecule has 0 radical (unpaired) electrons.